The predicted octanol–water partition coefficient (Wildman–Crippen LogP) is 2.11. The molecule has 2 heterocycles. The molecule has 3 rings (SSSR count). The van der Waals surface area contributed by atoms with Crippen molar-refractivity contribution in [3.05, 3.63) is 28.2 Å². The summed E-state index contributed by atoms with van der Waals surface area (Å²) in [6.07, 6.45) is 0. The number of carbonyl (C=O) groups excluding carboxylic acids is 1. The van der Waals surface area contributed by atoms with Gasteiger partial charge in [-0.25, -0.2) is 4.79 Å². The van der Waals surface area contributed by atoms with Gasteiger partial charge in [-0.1, -0.05) is 23.2 Å². The van der Waals surface area contributed by atoms with Crippen molar-refractivity contribution in [1.82, 2.24) is 15.1 Å². The van der Waals surface area contributed by atoms with Gasteiger partial charge in [0.05, 0.1) is 10.0 Å². The number of halogens is 2. The van der Waals surface area contributed by atoms with E-state index in [1.165, 1.54) is 0 Å². The third kappa shape index (κ3) is 3.43. The molecule has 2 amide bonds. The van der Waals surface area contributed by atoms with Gasteiger partial charge in [0.25, 0.3) is 0 Å². The normalized spacial score (nSPS) is 20.2. The standard InChI is InChI=1S/C14H18Cl2N4O/c15-12-2-1-10(7-13(12)16)18-14(21)20-8-11(9-20)19-5-3-17-4-6-19/h1-2,7,11,17H,3-6,8-9H2,(H,18,21). The van der Waals surface area contributed by atoms with E-state index in [9.17, 15) is 4.79 Å². The second-order valence-electron chi connectivity index (χ2n) is 5.40. The van der Waals surface area contributed by atoms with Gasteiger partial charge in [-0.05, 0) is 18.2 Å². The zero-order chi connectivity index (χ0) is 14.8. The Kier molecular flexibility index (Phi) is 4.54. The van der Waals surface area contributed by atoms with Crippen LogP contribution >= 0.6 is 23.2 Å². The lowest BCUT2D eigenvalue weighted by molar-refractivity contribution is 0.0537. The van der Waals surface area contributed by atoms with E-state index in [-0.39, 0.29) is 6.03 Å². The van der Waals surface area contributed by atoms with Crippen LogP contribution in [0.4, 0.5) is 10.5 Å². The number of hydrogen-bond donors (Lipinski definition) is 2. The van der Waals surface area contributed by atoms with Gasteiger partial charge in [-0.3, -0.25) is 4.90 Å². The molecule has 21 heavy (non-hydrogen) atoms. The summed E-state index contributed by atoms with van der Waals surface area (Å²) in [6.45, 7) is 5.76. The van der Waals surface area contributed by atoms with Gasteiger partial charge in [0.15, 0.2) is 0 Å². The van der Waals surface area contributed by atoms with Gasteiger partial charge in [-0.15, -0.1) is 0 Å². The van der Waals surface area contributed by atoms with E-state index in [0.29, 0.717) is 21.8 Å². The molecular formula is C14H18Cl2N4O. The molecule has 0 bridgehead atoms. The van der Waals surface area contributed by atoms with Crippen molar-refractivity contribution in [2.45, 2.75) is 6.04 Å². The zero-order valence-electron chi connectivity index (χ0n) is 11.6. The molecule has 2 aliphatic heterocycles. The summed E-state index contributed by atoms with van der Waals surface area (Å²) < 4.78 is 0. The van der Waals surface area contributed by atoms with Gasteiger partial charge < -0.3 is 15.5 Å². The molecule has 0 atom stereocenters. The smallest absolute Gasteiger partial charge is 0.321 e. The van der Waals surface area contributed by atoms with E-state index in [1.54, 1.807) is 18.2 Å². The second-order valence-corrected chi connectivity index (χ2v) is 6.22. The van der Waals surface area contributed by atoms with Crippen molar-refractivity contribution < 1.29 is 4.79 Å². The fourth-order valence-electron chi connectivity index (χ4n) is 2.68. The van der Waals surface area contributed by atoms with Crippen molar-refractivity contribution in [3.63, 3.8) is 0 Å². The molecule has 2 saturated heterocycles. The number of nitrogens with one attached hydrogen (secondary N) is 2. The molecule has 0 saturated carbocycles. The monoisotopic (exact) mass is 328 g/mol. The van der Waals surface area contributed by atoms with Gasteiger partial charge >= 0.3 is 6.03 Å². The summed E-state index contributed by atoms with van der Waals surface area (Å²) in [5.74, 6) is 0. The molecule has 2 fully saturated rings. The second kappa shape index (κ2) is 6.40. The maximum atomic E-state index is 12.1. The molecule has 0 unspecified atom stereocenters. The molecule has 2 N–H and O–H groups in total. The maximum absolute atomic E-state index is 12.1. The van der Waals surface area contributed by atoms with Gasteiger partial charge in [0, 0.05) is 51.0 Å². The number of benzene rings is 1. The summed E-state index contributed by atoms with van der Waals surface area (Å²) in [5, 5.41) is 7.11. The molecule has 2 aliphatic rings. The molecule has 0 aliphatic carbocycles. The van der Waals surface area contributed by atoms with Gasteiger partial charge in [0.1, 0.15) is 0 Å². The fraction of sp³-hybridized carbons (Fsp3) is 0.500. The molecule has 7 heteroatoms. The van der Waals surface area contributed by atoms with E-state index < -0.39 is 0 Å². The summed E-state index contributed by atoms with van der Waals surface area (Å²) in [6, 6.07) is 5.50. The predicted molar refractivity (Wildman–Crippen MR) is 85.3 cm³/mol. The Morgan fingerprint density at radius 1 is 1.19 bits per heavy atom. The summed E-state index contributed by atoms with van der Waals surface area (Å²) in [5.41, 5.74) is 0.667. The van der Waals surface area contributed by atoms with Crippen LogP contribution in [-0.4, -0.2) is 61.1 Å². The third-order valence-electron chi connectivity index (χ3n) is 3.99. The first-order chi connectivity index (χ1) is 10.1. The first-order valence-corrected chi connectivity index (χ1v) is 7.85. The molecule has 0 aromatic heterocycles. The number of urea groups is 1. The van der Waals surface area contributed by atoms with Crippen LogP contribution in [0, 0.1) is 0 Å². The lowest BCUT2D eigenvalue weighted by Crippen LogP contribution is -2.64. The number of amides is 2. The molecule has 1 aromatic rings. The average Bonchev–Trinajstić information content (AvgIpc) is 2.42. The van der Waals surface area contributed by atoms with Gasteiger partial charge in [-0.2, -0.15) is 0 Å². The number of rotatable bonds is 2. The highest BCUT2D eigenvalue weighted by Gasteiger charge is 2.35. The number of likely N-dealkylation sites (tertiary alicyclic amines) is 1. The van der Waals surface area contributed by atoms with E-state index in [1.807, 2.05) is 4.90 Å². The Balaban J connectivity index is 1.50. The van der Waals surface area contributed by atoms with E-state index in [0.717, 1.165) is 39.3 Å². The van der Waals surface area contributed by atoms with Crippen LogP contribution in [0.15, 0.2) is 18.2 Å². The summed E-state index contributed by atoms with van der Waals surface area (Å²) in [7, 11) is 0. The minimum Gasteiger partial charge on any atom is -0.321 e. The van der Waals surface area contributed by atoms with Crippen molar-refractivity contribution in [2.75, 3.05) is 44.6 Å². The van der Waals surface area contributed by atoms with Gasteiger partial charge in [0.2, 0.25) is 0 Å². The highest BCUT2D eigenvalue weighted by Crippen LogP contribution is 2.25. The van der Waals surface area contributed by atoms with Crippen LogP contribution in [0.5, 0.6) is 0 Å². The topological polar surface area (TPSA) is 47.6 Å². The molecule has 5 nitrogen and oxygen atoms in total. The van der Waals surface area contributed by atoms with E-state index in [2.05, 4.69) is 15.5 Å². The quantitative estimate of drug-likeness (QED) is 0.874. The lowest BCUT2D eigenvalue weighted by Gasteiger charge is -2.46. The number of nitrogens with zero attached hydrogens (tertiary/aromatic N) is 2. The zero-order valence-corrected chi connectivity index (χ0v) is 13.1. The summed E-state index contributed by atoms with van der Waals surface area (Å²) >= 11 is 11.8. The van der Waals surface area contributed by atoms with Crippen LogP contribution in [-0.2, 0) is 0 Å². The molecule has 0 radical (unpaired) electrons. The third-order valence-corrected chi connectivity index (χ3v) is 4.73. The first-order valence-electron chi connectivity index (χ1n) is 7.09. The minimum atomic E-state index is -0.0835. The van der Waals surface area contributed by atoms with Crippen molar-refractivity contribution in [2.24, 2.45) is 0 Å². The molecule has 1 aromatic carbocycles. The van der Waals surface area contributed by atoms with E-state index >= 15 is 0 Å². The Hall–Kier alpha value is -1.01. The van der Waals surface area contributed by atoms with Crippen molar-refractivity contribution in [3.8, 4) is 0 Å². The highest BCUT2D eigenvalue weighted by atomic mass is 35.5. The fourth-order valence-corrected chi connectivity index (χ4v) is 2.97. The van der Waals surface area contributed by atoms with Crippen LogP contribution < -0.4 is 10.6 Å². The number of piperazine rings is 1. The highest BCUT2D eigenvalue weighted by molar-refractivity contribution is 6.42. The molecule has 0 spiro atoms. The van der Waals surface area contributed by atoms with Crippen LogP contribution in [0.2, 0.25) is 10.0 Å². The van der Waals surface area contributed by atoms with Crippen molar-refractivity contribution in [1.29, 1.82) is 0 Å². The number of anilines is 1. The lowest BCUT2D eigenvalue weighted by atomic mass is 10.1. The SMILES string of the molecule is O=C(Nc1ccc(Cl)c(Cl)c1)N1CC(N2CCNCC2)C1. The number of hydrogen-bond acceptors (Lipinski definition) is 3. The van der Waals surface area contributed by atoms with Crippen LogP contribution in [0.1, 0.15) is 0 Å². The number of carbonyl (C=O) groups is 1. The maximum Gasteiger partial charge on any atom is 0.321 e. The van der Waals surface area contributed by atoms with E-state index in [4.69, 9.17) is 23.2 Å². The Morgan fingerprint density at radius 2 is 1.90 bits per heavy atom. The first kappa shape index (κ1) is 14.9. The molecular weight excluding hydrogens is 311 g/mol. The summed E-state index contributed by atoms with van der Waals surface area (Å²) in [4.78, 5) is 16.4. The van der Waals surface area contributed by atoms with Crippen molar-refractivity contribution >= 4 is 34.9 Å². The Bertz CT molecular complexity index is 528. The average molecular weight is 329 g/mol. The molecule has 114 valence electrons. The van der Waals surface area contributed by atoms with Crippen LogP contribution in [0.25, 0.3) is 0 Å². The largest absolute Gasteiger partial charge is 0.321 e. The Morgan fingerprint density at radius 3 is 2.57 bits per heavy atom. The van der Waals surface area contributed by atoms with Crippen LogP contribution in [0.3, 0.4) is 0 Å². The Labute approximate surface area is 134 Å². The minimum absolute atomic E-state index is 0.0835.